The number of nitrogens with two attached hydrogens (primary N) is 1. The molecule has 0 fully saturated rings. The van der Waals surface area contributed by atoms with E-state index in [1.54, 1.807) is 10.8 Å². The Morgan fingerprint density at radius 1 is 1.70 bits per heavy atom. The summed E-state index contributed by atoms with van der Waals surface area (Å²) in [6.07, 6.45) is 1.89. The Kier molecular flexibility index (Phi) is 6.57. The van der Waals surface area contributed by atoms with E-state index in [-0.39, 0.29) is 10.5 Å². The highest BCUT2D eigenvalue weighted by atomic mass is 33.1. The van der Waals surface area contributed by atoms with Gasteiger partial charge in [-0.3, -0.25) is 4.79 Å². The molecular formula is C5H11NOS3. The minimum absolute atomic E-state index is 0.0926. The number of hydrogen-bond acceptors (Lipinski definition) is 4. The van der Waals surface area contributed by atoms with Crippen LogP contribution in [0.1, 0.15) is 6.92 Å². The lowest BCUT2D eigenvalue weighted by Gasteiger charge is -2.06. The van der Waals surface area contributed by atoms with E-state index in [4.69, 9.17) is 5.73 Å². The SMILES string of the molecule is CCSSC(SC)C(N)=O. The van der Waals surface area contributed by atoms with Gasteiger partial charge in [0.05, 0.1) is 0 Å². The Balaban J connectivity index is 3.50. The lowest BCUT2D eigenvalue weighted by Crippen LogP contribution is -2.21. The molecule has 5 heteroatoms. The number of primary amides is 1. The zero-order valence-corrected chi connectivity index (χ0v) is 8.44. The van der Waals surface area contributed by atoms with Crippen molar-refractivity contribution in [1.82, 2.24) is 0 Å². The summed E-state index contributed by atoms with van der Waals surface area (Å²) in [5.74, 6) is 0.771. The molecule has 1 unspecified atom stereocenters. The average molecular weight is 197 g/mol. The Labute approximate surface area is 73.5 Å². The van der Waals surface area contributed by atoms with Crippen LogP contribution < -0.4 is 5.73 Å². The zero-order chi connectivity index (χ0) is 7.98. The van der Waals surface area contributed by atoms with Crippen molar-refractivity contribution in [2.24, 2.45) is 5.73 Å². The van der Waals surface area contributed by atoms with Crippen LogP contribution in [0.25, 0.3) is 0 Å². The van der Waals surface area contributed by atoms with E-state index >= 15 is 0 Å². The van der Waals surface area contributed by atoms with Gasteiger partial charge < -0.3 is 5.73 Å². The molecule has 2 nitrogen and oxygen atoms in total. The molecule has 0 aromatic carbocycles. The minimum atomic E-state index is -0.238. The molecule has 0 radical (unpaired) electrons. The van der Waals surface area contributed by atoms with Gasteiger partial charge in [-0.05, 0) is 6.26 Å². The van der Waals surface area contributed by atoms with Gasteiger partial charge in [-0.2, -0.15) is 0 Å². The Morgan fingerprint density at radius 2 is 2.30 bits per heavy atom. The van der Waals surface area contributed by atoms with Crippen LogP contribution in [0.5, 0.6) is 0 Å². The molecule has 0 aliphatic rings. The predicted octanol–water partition coefficient (Wildman–Crippen LogP) is 1.56. The first kappa shape index (κ1) is 10.5. The molecule has 60 valence electrons. The van der Waals surface area contributed by atoms with Crippen LogP contribution in [0.2, 0.25) is 0 Å². The maximum Gasteiger partial charge on any atom is 0.241 e. The summed E-state index contributed by atoms with van der Waals surface area (Å²) in [7, 11) is 3.20. The van der Waals surface area contributed by atoms with Crippen molar-refractivity contribution in [2.75, 3.05) is 12.0 Å². The molecule has 0 saturated carbocycles. The molecule has 10 heavy (non-hydrogen) atoms. The van der Waals surface area contributed by atoms with E-state index in [2.05, 4.69) is 6.92 Å². The number of carbonyl (C=O) groups excluding carboxylic acids is 1. The van der Waals surface area contributed by atoms with Crippen LogP contribution >= 0.6 is 33.3 Å². The monoisotopic (exact) mass is 197 g/mol. The Hall–Kier alpha value is 0.520. The van der Waals surface area contributed by atoms with Crippen molar-refractivity contribution in [1.29, 1.82) is 0 Å². The number of thioether (sulfide) groups is 1. The van der Waals surface area contributed by atoms with Gasteiger partial charge in [-0.1, -0.05) is 28.5 Å². The van der Waals surface area contributed by atoms with Crippen molar-refractivity contribution in [3.63, 3.8) is 0 Å². The highest BCUT2D eigenvalue weighted by Gasteiger charge is 2.13. The first-order valence-electron chi connectivity index (χ1n) is 2.82. The second-order valence-corrected chi connectivity index (χ2v) is 5.48. The summed E-state index contributed by atoms with van der Waals surface area (Å²) in [5.41, 5.74) is 5.09. The molecule has 0 bridgehead atoms. The normalized spacial score (nSPS) is 13.0. The fraction of sp³-hybridized carbons (Fsp3) is 0.800. The third-order valence-corrected chi connectivity index (χ3v) is 5.08. The Morgan fingerprint density at radius 3 is 2.60 bits per heavy atom. The van der Waals surface area contributed by atoms with Crippen molar-refractivity contribution < 1.29 is 4.79 Å². The van der Waals surface area contributed by atoms with Crippen molar-refractivity contribution >= 4 is 39.3 Å². The standard InChI is InChI=1S/C5H11NOS3/c1-3-9-10-5(8-2)4(6)7/h5H,3H2,1-2H3,(H2,6,7). The lowest BCUT2D eigenvalue weighted by molar-refractivity contribution is -0.116. The third kappa shape index (κ3) is 4.35. The summed E-state index contributed by atoms with van der Waals surface area (Å²) < 4.78 is -0.0926. The largest absolute Gasteiger partial charge is 0.368 e. The molecule has 0 aromatic rings. The molecule has 0 heterocycles. The average Bonchev–Trinajstić information content (AvgIpc) is 1.89. The van der Waals surface area contributed by atoms with Gasteiger partial charge in [0.2, 0.25) is 5.91 Å². The topological polar surface area (TPSA) is 43.1 Å². The summed E-state index contributed by atoms with van der Waals surface area (Å²) in [6.45, 7) is 2.05. The second kappa shape index (κ2) is 6.24. The van der Waals surface area contributed by atoms with Gasteiger partial charge in [-0.25, -0.2) is 0 Å². The van der Waals surface area contributed by atoms with Crippen LogP contribution in [0.3, 0.4) is 0 Å². The molecule has 0 spiro atoms. The number of rotatable bonds is 5. The predicted molar refractivity (Wildman–Crippen MR) is 52.2 cm³/mol. The van der Waals surface area contributed by atoms with Crippen molar-refractivity contribution in [2.45, 2.75) is 11.5 Å². The van der Waals surface area contributed by atoms with Crippen LogP contribution in [0.4, 0.5) is 0 Å². The van der Waals surface area contributed by atoms with Gasteiger partial charge in [0.1, 0.15) is 4.58 Å². The highest BCUT2D eigenvalue weighted by Crippen LogP contribution is 2.31. The zero-order valence-electron chi connectivity index (χ0n) is 5.99. The molecule has 0 saturated heterocycles. The lowest BCUT2D eigenvalue weighted by atomic mass is 10.8. The maximum absolute atomic E-state index is 10.6. The molecular weight excluding hydrogens is 186 g/mol. The van der Waals surface area contributed by atoms with Gasteiger partial charge in [0.25, 0.3) is 0 Å². The van der Waals surface area contributed by atoms with Crippen molar-refractivity contribution in [3.8, 4) is 0 Å². The molecule has 1 atom stereocenters. The van der Waals surface area contributed by atoms with Crippen LogP contribution in [-0.4, -0.2) is 22.5 Å². The fourth-order valence-electron chi connectivity index (χ4n) is 0.333. The van der Waals surface area contributed by atoms with Crippen LogP contribution in [-0.2, 0) is 4.79 Å². The number of carbonyl (C=O) groups is 1. The molecule has 0 rings (SSSR count). The first-order valence-corrected chi connectivity index (χ1v) is 6.49. The van der Waals surface area contributed by atoms with Crippen molar-refractivity contribution in [3.05, 3.63) is 0 Å². The van der Waals surface area contributed by atoms with Gasteiger partial charge in [-0.15, -0.1) is 11.8 Å². The van der Waals surface area contributed by atoms with Gasteiger partial charge in [0.15, 0.2) is 0 Å². The first-order chi connectivity index (χ1) is 4.72. The van der Waals surface area contributed by atoms with Gasteiger partial charge in [0, 0.05) is 5.75 Å². The molecule has 1 amide bonds. The summed E-state index contributed by atoms with van der Waals surface area (Å²) >= 11 is 1.49. The molecule has 0 aromatic heterocycles. The quantitative estimate of drug-likeness (QED) is 0.536. The molecule has 0 aliphatic heterocycles. The number of hydrogen-bond donors (Lipinski definition) is 1. The van der Waals surface area contributed by atoms with Gasteiger partial charge >= 0.3 is 0 Å². The molecule has 0 aliphatic carbocycles. The third-order valence-electron chi connectivity index (χ3n) is 0.720. The van der Waals surface area contributed by atoms with Crippen LogP contribution in [0, 0.1) is 0 Å². The van der Waals surface area contributed by atoms with E-state index in [1.807, 2.05) is 6.26 Å². The minimum Gasteiger partial charge on any atom is -0.368 e. The smallest absolute Gasteiger partial charge is 0.241 e. The fourth-order valence-corrected chi connectivity index (χ4v) is 3.50. The summed E-state index contributed by atoms with van der Waals surface area (Å²) in [5, 5.41) is 0. The van der Waals surface area contributed by atoms with E-state index in [0.29, 0.717) is 0 Å². The van der Waals surface area contributed by atoms with E-state index < -0.39 is 0 Å². The Bertz CT molecular complexity index is 109. The summed E-state index contributed by atoms with van der Waals surface area (Å²) in [4.78, 5) is 10.6. The van der Waals surface area contributed by atoms with Crippen LogP contribution in [0.15, 0.2) is 0 Å². The summed E-state index contributed by atoms with van der Waals surface area (Å²) in [6, 6.07) is 0. The molecule has 2 N–H and O–H groups in total. The highest BCUT2D eigenvalue weighted by molar-refractivity contribution is 8.78. The van der Waals surface area contributed by atoms with E-state index in [0.717, 1.165) is 5.75 Å². The van der Waals surface area contributed by atoms with E-state index in [1.165, 1.54) is 22.6 Å². The maximum atomic E-state index is 10.6. The van der Waals surface area contributed by atoms with E-state index in [9.17, 15) is 4.79 Å². The second-order valence-electron chi connectivity index (χ2n) is 1.47. The number of amides is 1.